The summed E-state index contributed by atoms with van der Waals surface area (Å²) in [6.45, 7) is 5.00. The van der Waals surface area contributed by atoms with E-state index in [0.717, 1.165) is 23.7 Å². The van der Waals surface area contributed by atoms with Crippen molar-refractivity contribution < 1.29 is 0 Å². The summed E-state index contributed by atoms with van der Waals surface area (Å²) in [4.78, 5) is 0. The molecule has 2 aliphatic rings. The van der Waals surface area contributed by atoms with E-state index in [1.165, 1.54) is 51.4 Å². The van der Waals surface area contributed by atoms with Crippen LogP contribution in [-0.2, 0) is 0 Å². The normalized spacial score (nSPS) is 41.3. The van der Waals surface area contributed by atoms with Crippen molar-refractivity contribution in [2.45, 2.75) is 84.5 Å². The molecule has 0 aromatic heterocycles. The minimum absolute atomic E-state index is 0.993. The topological polar surface area (TPSA) is 0 Å². The fourth-order valence-electron chi connectivity index (χ4n) is 4.40. The first-order valence-electron chi connectivity index (χ1n) is 8.27. The van der Waals surface area contributed by atoms with Crippen molar-refractivity contribution in [2.75, 3.05) is 0 Å². The molecule has 0 amide bonds. The second-order valence-electron chi connectivity index (χ2n) is 7.01. The molecule has 4 unspecified atom stereocenters. The molecule has 0 N–H and O–H groups in total. The molecule has 2 aliphatic carbocycles. The van der Waals surface area contributed by atoms with Crippen LogP contribution in [0.15, 0.2) is 0 Å². The standard InChI is InChI=1S/C17H32/c1-14-8-4-3-5-13-17-15(2)10-7-12-16(17)11-6-9-14/h14-17H,3-13H2,1-2H3. The van der Waals surface area contributed by atoms with Gasteiger partial charge in [0.25, 0.3) is 0 Å². The molecule has 17 heavy (non-hydrogen) atoms. The van der Waals surface area contributed by atoms with Gasteiger partial charge in [0, 0.05) is 0 Å². The summed E-state index contributed by atoms with van der Waals surface area (Å²) in [6.07, 6.45) is 16.7. The van der Waals surface area contributed by atoms with Gasteiger partial charge in [-0.3, -0.25) is 0 Å². The molecule has 2 saturated carbocycles. The molecule has 2 fully saturated rings. The Labute approximate surface area is 109 Å². The molecule has 2 rings (SSSR count). The Bertz CT molecular complexity index is 208. The summed E-state index contributed by atoms with van der Waals surface area (Å²) in [7, 11) is 0. The van der Waals surface area contributed by atoms with Gasteiger partial charge < -0.3 is 0 Å². The minimum Gasteiger partial charge on any atom is -0.0625 e. The molecule has 0 nitrogen and oxygen atoms in total. The van der Waals surface area contributed by atoms with Crippen molar-refractivity contribution in [1.29, 1.82) is 0 Å². The molecule has 100 valence electrons. The van der Waals surface area contributed by atoms with E-state index < -0.39 is 0 Å². The first kappa shape index (κ1) is 13.4. The fraction of sp³-hybridized carbons (Fsp3) is 1.00. The molecule has 0 aromatic rings. The maximum absolute atomic E-state index is 2.53. The Morgan fingerprint density at radius 3 is 2.06 bits per heavy atom. The smallest absolute Gasteiger partial charge is 0.0360 e. The number of fused-ring (bicyclic) bond motifs is 1. The lowest BCUT2D eigenvalue weighted by atomic mass is 9.69. The van der Waals surface area contributed by atoms with Gasteiger partial charge in [-0.25, -0.2) is 0 Å². The van der Waals surface area contributed by atoms with Crippen LogP contribution >= 0.6 is 0 Å². The monoisotopic (exact) mass is 236 g/mol. The zero-order valence-electron chi connectivity index (χ0n) is 12.1. The van der Waals surface area contributed by atoms with Crippen LogP contribution in [0.25, 0.3) is 0 Å². The molecule has 0 bridgehead atoms. The van der Waals surface area contributed by atoms with Crippen LogP contribution in [0.3, 0.4) is 0 Å². The summed E-state index contributed by atoms with van der Waals surface area (Å²) < 4.78 is 0. The molecular weight excluding hydrogens is 204 g/mol. The minimum atomic E-state index is 0.993. The first-order valence-corrected chi connectivity index (χ1v) is 8.27. The molecule has 0 radical (unpaired) electrons. The Balaban J connectivity index is 1.92. The Morgan fingerprint density at radius 1 is 0.588 bits per heavy atom. The number of hydrogen-bond acceptors (Lipinski definition) is 0. The molecule has 4 atom stereocenters. The summed E-state index contributed by atoms with van der Waals surface area (Å²) in [5.74, 6) is 4.18. The average molecular weight is 236 g/mol. The van der Waals surface area contributed by atoms with E-state index in [1.807, 2.05) is 0 Å². The van der Waals surface area contributed by atoms with Crippen molar-refractivity contribution in [3.05, 3.63) is 0 Å². The van der Waals surface area contributed by atoms with Crippen LogP contribution in [0, 0.1) is 23.7 Å². The van der Waals surface area contributed by atoms with Gasteiger partial charge in [-0.2, -0.15) is 0 Å². The largest absolute Gasteiger partial charge is 0.0625 e. The van der Waals surface area contributed by atoms with Gasteiger partial charge in [0.15, 0.2) is 0 Å². The lowest BCUT2D eigenvalue weighted by Crippen LogP contribution is -2.26. The third-order valence-corrected chi connectivity index (χ3v) is 5.58. The van der Waals surface area contributed by atoms with Crippen LogP contribution in [0.5, 0.6) is 0 Å². The van der Waals surface area contributed by atoms with Gasteiger partial charge >= 0.3 is 0 Å². The molecule has 0 saturated heterocycles. The molecule has 0 spiro atoms. The number of rotatable bonds is 0. The van der Waals surface area contributed by atoms with Gasteiger partial charge in [-0.05, 0) is 30.1 Å². The van der Waals surface area contributed by atoms with Crippen LogP contribution in [-0.4, -0.2) is 0 Å². The maximum atomic E-state index is 2.53. The van der Waals surface area contributed by atoms with E-state index >= 15 is 0 Å². The molecule has 0 heteroatoms. The maximum Gasteiger partial charge on any atom is -0.0360 e. The second kappa shape index (κ2) is 6.81. The van der Waals surface area contributed by atoms with E-state index in [9.17, 15) is 0 Å². The second-order valence-corrected chi connectivity index (χ2v) is 7.01. The number of hydrogen-bond donors (Lipinski definition) is 0. The molecule has 0 heterocycles. The van der Waals surface area contributed by atoms with Crippen molar-refractivity contribution in [3.8, 4) is 0 Å². The molecule has 0 aromatic carbocycles. The van der Waals surface area contributed by atoms with Crippen LogP contribution in [0.2, 0.25) is 0 Å². The summed E-state index contributed by atoms with van der Waals surface area (Å²) in [6, 6.07) is 0. The Morgan fingerprint density at radius 2 is 1.24 bits per heavy atom. The zero-order valence-corrected chi connectivity index (χ0v) is 12.1. The van der Waals surface area contributed by atoms with Crippen molar-refractivity contribution in [2.24, 2.45) is 23.7 Å². The summed E-state index contributed by atoms with van der Waals surface area (Å²) in [5, 5.41) is 0. The van der Waals surface area contributed by atoms with Crippen LogP contribution in [0.4, 0.5) is 0 Å². The fourth-order valence-corrected chi connectivity index (χ4v) is 4.40. The van der Waals surface area contributed by atoms with Gasteiger partial charge in [-0.15, -0.1) is 0 Å². The lowest BCUT2D eigenvalue weighted by molar-refractivity contribution is 0.140. The van der Waals surface area contributed by atoms with Gasteiger partial charge in [0.2, 0.25) is 0 Å². The van der Waals surface area contributed by atoms with E-state index in [0.29, 0.717) is 0 Å². The van der Waals surface area contributed by atoms with Gasteiger partial charge in [-0.1, -0.05) is 78.1 Å². The molecule has 0 aliphatic heterocycles. The van der Waals surface area contributed by atoms with Crippen molar-refractivity contribution in [3.63, 3.8) is 0 Å². The average Bonchev–Trinajstić information content (AvgIpc) is 2.34. The lowest BCUT2D eigenvalue weighted by Gasteiger charge is -2.37. The summed E-state index contributed by atoms with van der Waals surface area (Å²) in [5.41, 5.74) is 0. The SMILES string of the molecule is CC1CCCCCC2C(C)CCCC2CCC1. The van der Waals surface area contributed by atoms with Gasteiger partial charge in [0.05, 0.1) is 0 Å². The van der Waals surface area contributed by atoms with Crippen molar-refractivity contribution in [1.82, 2.24) is 0 Å². The van der Waals surface area contributed by atoms with Crippen LogP contribution in [0.1, 0.15) is 84.5 Å². The Kier molecular flexibility index (Phi) is 5.38. The van der Waals surface area contributed by atoms with Gasteiger partial charge in [0.1, 0.15) is 0 Å². The predicted octanol–water partition coefficient (Wildman–Crippen LogP) is 5.81. The summed E-state index contributed by atoms with van der Waals surface area (Å²) >= 11 is 0. The predicted molar refractivity (Wildman–Crippen MR) is 76.1 cm³/mol. The highest BCUT2D eigenvalue weighted by atomic mass is 14.3. The molecular formula is C17H32. The highest BCUT2D eigenvalue weighted by Gasteiger charge is 2.29. The highest BCUT2D eigenvalue weighted by molar-refractivity contribution is 4.80. The van der Waals surface area contributed by atoms with E-state index in [4.69, 9.17) is 0 Å². The highest BCUT2D eigenvalue weighted by Crippen LogP contribution is 2.41. The van der Waals surface area contributed by atoms with E-state index in [1.54, 1.807) is 19.3 Å². The quantitative estimate of drug-likeness (QED) is 0.498. The van der Waals surface area contributed by atoms with Crippen molar-refractivity contribution >= 4 is 0 Å². The third-order valence-electron chi connectivity index (χ3n) is 5.58. The third kappa shape index (κ3) is 4.00. The zero-order chi connectivity index (χ0) is 12.1. The van der Waals surface area contributed by atoms with E-state index in [-0.39, 0.29) is 0 Å². The van der Waals surface area contributed by atoms with Crippen LogP contribution < -0.4 is 0 Å². The first-order chi connectivity index (χ1) is 8.27. The van der Waals surface area contributed by atoms with E-state index in [2.05, 4.69) is 13.8 Å². The Hall–Kier alpha value is 0.